The molecule has 0 radical (unpaired) electrons. The molecule has 5 atom stereocenters. The Hall–Kier alpha value is -4.43. The van der Waals surface area contributed by atoms with Crippen molar-refractivity contribution >= 4 is 23.4 Å². The van der Waals surface area contributed by atoms with Crippen LogP contribution in [-0.2, 0) is 25.5 Å². The zero-order chi connectivity index (χ0) is 30.1. The van der Waals surface area contributed by atoms with Gasteiger partial charge in [0.1, 0.15) is 23.1 Å². The number of benzene rings is 3. The largest absolute Gasteiger partial charge is 0.457 e. The van der Waals surface area contributed by atoms with Gasteiger partial charge in [-0.3, -0.25) is 14.4 Å². The molecule has 0 aromatic heterocycles. The normalized spacial score (nSPS) is 27.3. The van der Waals surface area contributed by atoms with Crippen LogP contribution in [0.4, 0.5) is 5.69 Å². The molecule has 8 nitrogen and oxygen atoms in total. The first-order chi connectivity index (χ1) is 21.5. The highest BCUT2D eigenvalue weighted by Gasteiger charge is 2.72. The van der Waals surface area contributed by atoms with E-state index in [1.54, 1.807) is 29.2 Å². The maximum atomic E-state index is 14.2. The summed E-state index contributed by atoms with van der Waals surface area (Å²) in [4.78, 5) is 43.7. The third kappa shape index (κ3) is 5.28. The minimum atomic E-state index is -1.17. The highest BCUT2D eigenvalue weighted by atomic mass is 16.5. The van der Waals surface area contributed by atoms with Gasteiger partial charge < -0.3 is 25.0 Å². The van der Waals surface area contributed by atoms with Crippen LogP contribution in [0.1, 0.15) is 37.7 Å². The Morgan fingerprint density at radius 2 is 1.55 bits per heavy atom. The summed E-state index contributed by atoms with van der Waals surface area (Å²) in [6.07, 6.45) is 8.96. The lowest BCUT2D eigenvalue weighted by Gasteiger charge is -2.34. The average Bonchev–Trinajstić information content (AvgIpc) is 3.69. The number of fused-ring (bicyclic) bond motifs is 1. The lowest BCUT2D eigenvalue weighted by molar-refractivity contribution is -0.141. The smallest absolute Gasteiger partial charge is 0.246 e. The summed E-state index contributed by atoms with van der Waals surface area (Å²) in [5.41, 5.74) is 0.497. The average molecular weight is 592 g/mol. The molecule has 7 rings (SSSR count). The predicted octanol–water partition coefficient (Wildman–Crippen LogP) is 5.26. The van der Waals surface area contributed by atoms with Gasteiger partial charge in [-0.15, -0.1) is 0 Å². The number of rotatable bonds is 9. The van der Waals surface area contributed by atoms with Crippen LogP contribution >= 0.6 is 0 Å². The zero-order valence-corrected chi connectivity index (χ0v) is 24.6. The highest BCUT2D eigenvalue weighted by molar-refractivity contribution is 6.02. The molecule has 2 saturated heterocycles. The van der Waals surface area contributed by atoms with Crippen LogP contribution in [0.2, 0.25) is 0 Å². The van der Waals surface area contributed by atoms with E-state index in [1.165, 1.54) is 6.42 Å². The fourth-order valence-electron chi connectivity index (χ4n) is 7.39. The molecule has 2 bridgehead atoms. The van der Waals surface area contributed by atoms with Crippen molar-refractivity contribution < 1.29 is 23.9 Å². The Balaban J connectivity index is 1.11. The Morgan fingerprint density at radius 1 is 0.864 bits per heavy atom. The number of carbonyl (C=O) groups excluding carboxylic acids is 3. The first kappa shape index (κ1) is 28.3. The first-order valence-electron chi connectivity index (χ1n) is 15.7. The number of hydrogen-bond donors (Lipinski definition) is 2. The molecule has 1 spiro atoms. The Morgan fingerprint density at radius 3 is 2.27 bits per heavy atom. The van der Waals surface area contributed by atoms with Gasteiger partial charge in [-0.25, -0.2) is 0 Å². The molecule has 1 aliphatic carbocycles. The molecule has 226 valence electrons. The van der Waals surface area contributed by atoms with Crippen molar-refractivity contribution in [3.8, 4) is 11.5 Å². The number of nitrogens with zero attached hydrogens (tertiary/aromatic N) is 1. The molecule has 8 heteroatoms. The maximum absolute atomic E-state index is 14.2. The van der Waals surface area contributed by atoms with E-state index in [1.807, 2.05) is 72.8 Å². The lowest BCUT2D eigenvalue weighted by atomic mass is 9.74. The molecule has 44 heavy (non-hydrogen) atoms. The maximum Gasteiger partial charge on any atom is 0.246 e. The second kappa shape index (κ2) is 11.9. The van der Waals surface area contributed by atoms with Crippen molar-refractivity contribution in [2.75, 3.05) is 11.9 Å². The Labute approximate surface area is 257 Å². The molecule has 2 N–H and O–H groups in total. The van der Waals surface area contributed by atoms with Crippen LogP contribution in [0.15, 0.2) is 97.1 Å². The van der Waals surface area contributed by atoms with E-state index >= 15 is 0 Å². The van der Waals surface area contributed by atoms with Crippen molar-refractivity contribution in [3.05, 3.63) is 103 Å². The van der Waals surface area contributed by atoms with Crippen molar-refractivity contribution in [1.29, 1.82) is 0 Å². The number of nitrogens with one attached hydrogen (secondary N) is 2. The van der Waals surface area contributed by atoms with E-state index in [0.29, 0.717) is 24.4 Å². The summed E-state index contributed by atoms with van der Waals surface area (Å²) in [5, 5.41) is 6.24. The second-order valence-corrected chi connectivity index (χ2v) is 12.2. The summed E-state index contributed by atoms with van der Waals surface area (Å²) in [5.74, 6) is -0.863. The number of amides is 3. The third-order valence-electron chi connectivity index (χ3n) is 9.46. The highest BCUT2D eigenvalue weighted by Crippen LogP contribution is 2.55. The van der Waals surface area contributed by atoms with Gasteiger partial charge in [0.15, 0.2) is 0 Å². The topological polar surface area (TPSA) is 97.0 Å². The van der Waals surface area contributed by atoms with Gasteiger partial charge in [-0.2, -0.15) is 0 Å². The van der Waals surface area contributed by atoms with Crippen LogP contribution in [0, 0.1) is 11.8 Å². The van der Waals surface area contributed by atoms with Gasteiger partial charge in [0, 0.05) is 18.3 Å². The lowest BCUT2D eigenvalue weighted by Crippen LogP contribution is -2.56. The first-order valence-corrected chi connectivity index (χ1v) is 15.7. The minimum Gasteiger partial charge on any atom is -0.457 e. The van der Waals surface area contributed by atoms with E-state index in [-0.39, 0.29) is 23.8 Å². The number of likely N-dealkylation sites (tertiary alicyclic amines) is 1. The molecular weight excluding hydrogens is 554 g/mol. The van der Waals surface area contributed by atoms with Crippen LogP contribution in [0.5, 0.6) is 11.5 Å². The van der Waals surface area contributed by atoms with Crippen molar-refractivity contribution in [2.45, 2.75) is 62.3 Å². The molecule has 3 aromatic carbocycles. The number of para-hydroxylation sites is 1. The van der Waals surface area contributed by atoms with E-state index in [9.17, 15) is 14.4 Å². The van der Waals surface area contributed by atoms with Crippen LogP contribution in [-0.4, -0.2) is 53.0 Å². The van der Waals surface area contributed by atoms with E-state index in [4.69, 9.17) is 9.47 Å². The quantitative estimate of drug-likeness (QED) is 0.331. The summed E-state index contributed by atoms with van der Waals surface area (Å²) in [7, 11) is 0. The molecule has 0 unspecified atom stereocenters. The van der Waals surface area contributed by atoms with Gasteiger partial charge in [0.2, 0.25) is 17.7 Å². The number of carbonyl (C=O) groups is 3. The van der Waals surface area contributed by atoms with E-state index in [2.05, 4.69) is 10.6 Å². The van der Waals surface area contributed by atoms with Crippen molar-refractivity contribution in [3.63, 3.8) is 0 Å². The summed E-state index contributed by atoms with van der Waals surface area (Å²) in [6.45, 7) is 0.364. The fourth-order valence-corrected chi connectivity index (χ4v) is 7.39. The Bertz CT molecular complexity index is 1540. The summed E-state index contributed by atoms with van der Waals surface area (Å²) < 4.78 is 12.4. The molecule has 1 saturated carbocycles. The van der Waals surface area contributed by atoms with E-state index < -0.39 is 29.6 Å². The molecule has 3 amide bonds. The van der Waals surface area contributed by atoms with Crippen molar-refractivity contribution in [2.24, 2.45) is 11.8 Å². The minimum absolute atomic E-state index is 0.0910. The summed E-state index contributed by atoms with van der Waals surface area (Å²) >= 11 is 0. The molecule has 3 aromatic rings. The fraction of sp³-hybridized carbons (Fsp3) is 0.361. The van der Waals surface area contributed by atoms with Gasteiger partial charge in [-0.05, 0) is 61.2 Å². The van der Waals surface area contributed by atoms with Gasteiger partial charge in [-0.1, -0.05) is 79.9 Å². The predicted molar refractivity (Wildman–Crippen MR) is 166 cm³/mol. The SMILES string of the molecule is O=C(Nc1ccc(Oc2ccccc2)cc1)[C@H]1[C@H]2C=C[C@]3(O2)[C@H](C(=O)NC2CCCCC2)N(CCc2ccccc2)C(=O)[C@@H]13. The van der Waals surface area contributed by atoms with Crippen LogP contribution in [0.3, 0.4) is 0 Å². The second-order valence-electron chi connectivity index (χ2n) is 12.2. The summed E-state index contributed by atoms with van der Waals surface area (Å²) in [6, 6.07) is 25.8. The number of ether oxygens (including phenoxy) is 2. The standard InChI is InChI=1S/C36H37N3O5/c40-33(37-26-16-18-28(19-17-26)43-27-14-8-3-9-15-27)30-29-20-22-36(44-29)31(30)35(42)39(23-21-24-10-4-1-5-11-24)32(36)34(41)38-25-12-6-2-7-13-25/h1,3-5,8-11,14-20,22,25,29-32H,2,6-7,12-13,21,23H2,(H,37,40)(H,38,41)/t29-,30+,31-,32+,36-/m1/s1. The molecule has 3 fully saturated rings. The third-order valence-corrected chi connectivity index (χ3v) is 9.46. The van der Waals surface area contributed by atoms with Gasteiger partial charge in [0.25, 0.3) is 0 Å². The van der Waals surface area contributed by atoms with Crippen LogP contribution < -0.4 is 15.4 Å². The molecule has 4 aliphatic rings. The van der Waals surface area contributed by atoms with Crippen molar-refractivity contribution in [1.82, 2.24) is 10.2 Å². The monoisotopic (exact) mass is 591 g/mol. The number of anilines is 1. The van der Waals surface area contributed by atoms with Gasteiger partial charge >= 0.3 is 0 Å². The number of hydrogen-bond acceptors (Lipinski definition) is 5. The molecular formula is C36H37N3O5. The van der Waals surface area contributed by atoms with Gasteiger partial charge in [0.05, 0.1) is 17.9 Å². The molecule has 3 aliphatic heterocycles. The zero-order valence-electron chi connectivity index (χ0n) is 24.6. The molecule has 3 heterocycles. The van der Waals surface area contributed by atoms with Crippen LogP contribution in [0.25, 0.3) is 0 Å². The van der Waals surface area contributed by atoms with E-state index in [0.717, 1.165) is 37.0 Å². The Kier molecular flexibility index (Phi) is 7.68.